The van der Waals surface area contributed by atoms with Gasteiger partial charge < -0.3 is 10.6 Å². The Balaban J connectivity index is 2.88. The number of carbonyl (C=O) groups is 1. The number of pyridine rings is 1. The van der Waals surface area contributed by atoms with E-state index in [2.05, 4.69) is 36.4 Å². The van der Waals surface area contributed by atoms with Gasteiger partial charge in [0.1, 0.15) is 0 Å². The first kappa shape index (κ1) is 15.5. The van der Waals surface area contributed by atoms with Crippen LogP contribution in [-0.2, 0) is 0 Å². The molecular weight excluding hydrogens is 238 g/mol. The highest BCUT2D eigenvalue weighted by atomic mass is 16.1. The summed E-state index contributed by atoms with van der Waals surface area (Å²) < 4.78 is 0. The molecule has 0 saturated carbocycles. The molecule has 0 aliphatic carbocycles. The van der Waals surface area contributed by atoms with E-state index in [9.17, 15) is 4.79 Å². The summed E-state index contributed by atoms with van der Waals surface area (Å²) in [6.07, 6.45) is 4.57. The number of hydrogen-bond donors (Lipinski definition) is 2. The van der Waals surface area contributed by atoms with Gasteiger partial charge in [0.15, 0.2) is 0 Å². The number of hydrogen-bond acceptors (Lipinski definition) is 3. The quantitative estimate of drug-likeness (QED) is 0.794. The number of amides is 1. The smallest absolute Gasteiger partial charge is 0.255 e. The van der Waals surface area contributed by atoms with Gasteiger partial charge >= 0.3 is 0 Å². The van der Waals surface area contributed by atoms with E-state index < -0.39 is 0 Å². The normalized spacial score (nSPS) is 10.6. The maximum absolute atomic E-state index is 12.3. The minimum Gasteiger partial charge on any atom is -0.384 e. The van der Waals surface area contributed by atoms with Crippen LogP contribution in [0.2, 0.25) is 0 Å². The summed E-state index contributed by atoms with van der Waals surface area (Å²) in [5, 5.41) is 6.34. The Bertz CT molecular complexity index is 414. The monoisotopic (exact) mass is 263 g/mol. The molecule has 0 atom stereocenters. The van der Waals surface area contributed by atoms with Crippen LogP contribution in [0.4, 0.5) is 5.69 Å². The first-order valence-corrected chi connectivity index (χ1v) is 7.13. The van der Waals surface area contributed by atoms with Crippen LogP contribution < -0.4 is 10.6 Å². The van der Waals surface area contributed by atoms with Gasteiger partial charge in [0.25, 0.3) is 5.91 Å². The molecule has 0 fully saturated rings. The number of aryl methyl sites for hydroxylation is 1. The first-order chi connectivity index (χ1) is 9.12. The molecule has 4 nitrogen and oxygen atoms in total. The van der Waals surface area contributed by atoms with Crippen LogP contribution in [0, 0.1) is 6.92 Å². The zero-order valence-electron chi connectivity index (χ0n) is 12.4. The van der Waals surface area contributed by atoms with E-state index in [0.29, 0.717) is 5.56 Å². The Hall–Kier alpha value is -1.58. The minimum atomic E-state index is -0.0418. The Morgan fingerprint density at radius 1 is 1.32 bits per heavy atom. The molecule has 0 saturated heterocycles. The number of aromatic nitrogens is 1. The summed E-state index contributed by atoms with van der Waals surface area (Å²) in [5.74, 6) is -0.0418. The Morgan fingerprint density at radius 3 is 2.58 bits per heavy atom. The summed E-state index contributed by atoms with van der Waals surface area (Å²) >= 11 is 0. The van der Waals surface area contributed by atoms with Crippen LogP contribution in [0.5, 0.6) is 0 Å². The van der Waals surface area contributed by atoms with Gasteiger partial charge in [-0.2, -0.15) is 0 Å². The molecular formula is C15H25N3O. The molecule has 0 aromatic carbocycles. The predicted molar refractivity (Wildman–Crippen MR) is 79.6 cm³/mol. The maximum Gasteiger partial charge on any atom is 0.255 e. The average Bonchev–Trinajstić information content (AvgIpc) is 2.42. The molecule has 0 spiro atoms. The zero-order valence-corrected chi connectivity index (χ0v) is 12.4. The summed E-state index contributed by atoms with van der Waals surface area (Å²) in [7, 11) is 0. The molecule has 1 amide bonds. The number of carbonyl (C=O) groups excluding carboxylic acids is 1. The summed E-state index contributed by atoms with van der Waals surface area (Å²) in [6, 6.07) is 2.16. The van der Waals surface area contributed by atoms with Crippen molar-refractivity contribution in [2.45, 2.75) is 53.0 Å². The molecule has 2 N–H and O–H groups in total. The molecule has 0 unspecified atom stereocenters. The predicted octanol–water partition coefficient (Wildman–Crippen LogP) is 3.13. The van der Waals surface area contributed by atoms with Crippen molar-refractivity contribution in [2.24, 2.45) is 0 Å². The van der Waals surface area contributed by atoms with E-state index in [4.69, 9.17) is 0 Å². The number of rotatable bonds is 7. The fraction of sp³-hybridized carbons (Fsp3) is 0.600. The van der Waals surface area contributed by atoms with Gasteiger partial charge in [0.2, 0.25) is 0 Å². The van der Waals surface area contributed by atoms with Crippen molar-refractivity contribution in [3.63, 3.8) is 0 Å². The van der Waals surface area contributed by atoms with Crippen molar-refractivity contribution in [1.29, 1.82) is 0 Å². The molecule has 1 heterocycles. The van der Waals surface area contributed by atoms with Gasteiger partial charge in [-0.25, -0.2) is 0 Å². The third-order valence-electron chi connectivity index (χ3n) is 3.17. The highest BCUT2D eigenvalue weighted by Gasteiger charge is 2.15. The third-order valence-corrected chi connectivity index (χ3v) is 3.17. The lowest BCUT2D eigenvalue weighted by molar-refractivity contribution is 0.0935. The molecule has 19 heavy (non-hydrogen) atoms. The SMILES string of the molecule is CCCNc1cc(C)ncc1C(=O)NC(CC)CC. The molecule has 0 aliphatic rings. The molecule has 1 rings (SSSR count). The Morgan fingerprint density at radius 2 is 2.00 bits per heavy atom. The van der Waals surface area contributed by atoms with Crippen LogP contribution in [0.1, 0.15) is 56.1 Å². The standard InChI is InChI=1S/C15H25N3O/c1-5-8-16-14-9-11(4)17-10-13(14)15(19)18-12(6-2)7-3/h9-10,12H,5-8H2,1-4H3,(H,16,17)(H,18,19). The highest BCUT2D eigenvalue weighted by Crippen LogP contribution is 2.16. The van der Waals surface area contributed by atoms with Crippen LogP contribution in [-0.4, -0.2) is 23.5 Å². The first-order valence-electron chi connectivity index (χ1n) is 7.13. The second-order valence-corrected chi connectivity index (χ2v) is 4.78. The van der Waals surface area contributed by atoms with Gasteiger partial charge in [-0.05, 0) is 32.3 Å². The summed E-state index contributed by atoms with van der Waals surface area (Å²) in [6.45, 7) is 9.05. The van der Waals surface area contributed by atoms with Gasteiger partial charge in [-0.1, -0.05) is 20.8 Å². The van der Waals surface area contributed by atoms with Crippen molar-refractivity contribution in [1.82, 2.24) is 10.3 Å². The van der Waals surface area contributed by atoms with Crippen LogP contribution in [0.3, 0.4) is 0 Å². The van der Waals surface area contributed by atoms with Crippen LogP contribution in [0.15, 0.2) is 12.3 Å². The molecule has 0 aliphatic heterocycles. The fourth-order valence-corrected chi connectivity index (χ4v) is 1.90. The number of nitrogens with zero attached hydrogens (tertiary/aromatic N) is 1. The van der Waals surface area contributed by atoms with Crippen molar-refractivity contribution in [3.05, 3.63) is 23.5 Å². The Kier molecular flexibility index (Phi) is 6.33. The number of anilines is 1. The lowest BCUT2D eigenvalue weighted by atomic mass is 10.1. The lowest BCUT2D eigenvalue weighted by Gasteiger charge is -2.17. The molecule has 1 aromatic heterocycles. The van der Waals surface area contributed by atoms with E-state index in [1.165, 1.54) is 0 Å². The summed E-state index contributed by atoms with van der Waals surface area (Å²) in [5.41, 5.74) is 2.42. The third kappa shape index (κ3) is 4.54. The largest absolute Gasteiger partial charge is 0.384 e. The van der Waals surface area contributed by atoms with Crippen molar-refractivity contribution in [3.8, 4) is 0 Å². The van der Waals surface area contributed by atoms with Crippen molar-refractivity contribution >= 4 is 11.6 Å². The van der Waals surface area contributed by atoms with Crippen molar-refractivity contribution in [2.75, 3.05) is 11.9 Å². The van der Waals surface area contributed by atoms with E-state index in [1.54, 1.807) is 6.20 Å². The molecule has 1 aromatic rings. The highest BCUT2D eigenvalue weighted by molar-refractivity contribution is 5.99. The Labute approximate surface area is 116 Å². The number of nitrogens with one attached hydrogen (secondary N) is 2. The fourth-order valence-electron chi connectivity index (χ4n) is 1.90. The van der Waals surface area contributed by atoms with Gasteiger partial charge in [-0.15, -0.1) is 0 Å². The average molecular weight is 263 g/mol. The second-order valence-electron chi connectivity index (χ2n) is 4.78. The van der Waals surface area contributed by atoms with Gasteiger partial charge in [0, 0.05) is 24.5 Å². The molecule has 0 radical (unpaired) electrons. The van der Waals surface area contributed by atoms with E-state index in [0.717, 1.165) is 37.2 Å². The maximum atomic E-state index is 12.3. The lowest BCUT2D eigenvalue weighted by Crippen LogP contribution is -2.34. The van der Waals surface area contributed by atoms with Gasteiger partial charge in [0.05, 0.1) is 11.3 Å². The van der Waals surface area contributed by atoms with E-state index in [-0.39, 0.29) is 11.9 Å². The summed E-state index contributed by atoms with van der Waals surface area (Å²) in [4.78, 5) is 16.5. The second kappa shape index (κ2) is 7.77. The van der Waals surface area contributed by atoms with Crippen molar-refractivity contribution < 1.29 is 4.79 Å². The molecule has 106 valence electrons. The van der Waals surface area contributed by atoms with Crippen LogP contribution in [0.25, 0.3) is 0 Å². The van der Waals surface area contributed by atoms with E-state index in [1.807, 2.05) is 13.0 Å². The van der Waals surface area contributed by atoms with Crippen LogP contribution >= 0.6 is 0 Å². The molecule has 0 bridgehead atoms. The molecule has 4 heteroatoms. The zero-order chi connectivity index (χ0) is 14.3. The minimum absolute atomic E-state index is 0.0418. The van der Waals surface area contributed by atoms with E-state index >= 15 is 0 Å². The van der Waals surface area contributed by atoms with Gasteiger partial charge in [-0.3, -0.25) is 9.78 Å². The topological polar surface area (TPSA) is 54.0 Å².